The highest BCUT2D eigenvalue weighted by molar-refractivity contribution is 5.81. The van der Waals surface area contributed by atoms with Gasteiger partial charge in [0.1, 0.15) is 0 Å². The van der Waals surface area contributed by atoms with Crippen LogP contribution >= 0.6 is 0 Å². The molecule has 134 valence electrons. The van der Waals surface area contributed by atoms with Crippen LogP contribution in [0.1, 0.15) is 37.2 Å². The van der Waals surface area contributed by atoms with Crippen molar-refractivity contribution in [3.63, 3.8) is 0 Å². The van der Waals surface area contributed by atoms with E-state index >= 15 is 0 Å². The predicted molar refractivity (Wildman–Crippen MR) is 95.6 cm³/mol. The van der Waals surface area contributed by atoms with E-state index in [1.807, 2.05) is 62.7 Å². The lowest BCUT2D eigenvalue weighted by molar-refractivity contribution is -0.148. The molecule has 0 bridgehead atoms. The Bertz CT molecular complexity index is 738. The molecule has 0 spiro atoms. The lowest BCUT2D eigenvalue weighted by Crippen LogP contribution is -2.35. The summed E-state index contributed by atoms with van der Waals surface area (Å²) in [6.07, 6.45) is 0.928. The molecule has 0 fully saturated rings. The highest BCUT2D eigenvalue weighted by Gasteiger charge is 2.17. The van der Waals surface area contributed by atoms with Crippen LogP contribution in [0.15, 0.2) is 30.3 Å². The van der Waals surface area contributed by atoms with Crippen LogP contribution in [0.3, 0.4) is 0 Å². The number of amides is 1. The molecule has 6 heteroatoms. The van der Waals surface area contributed by atoms with Gasteiger partial charge in [-0.05, 0) is 39.3 Å². The van der Waals surface area contributed by atoms with Crippen LogP contribution in [-0.2, 0) is 20.7 Å². The summed E-state index contributed by atoms with van der Waals surface area (Å²) < 4.78 is 6.90. The summed E-state index contributed by atoms with van der Waals surface area (Å²) in [7, 11) is 0. The van der Waals surface area contributed by atoms with Crippen LogP contribution in [0, 0.1) is 13.8 Å². The normalized spacial score (nSPS) is 11.8. The zero-order valence-corrected chi connectivity index (χ0v) is 15.2. The third-order valence-electron chi connectivity index (χ3n) is 4.15. The topological polar surface area (TPSA) is 73.2 Å². The molecular formula is C19H25N3O3. The lowest BCUT2D eigenvalue weighted by atomic mass is 10.1. The SMILES string of the molecule is CC[C@H](C)NC(=O)COC(=O)Cc1c(C)nn(-c2ccccc2)c1C. The number of ether oxygens (including phenoxy) is 1. The van der Waals surface area contributed by atoms with E-state index in [2.05, 4.69) is 10.4 Å². The minimum atomic E-state index is -0.432. The number of nitrogens with one attached hydrogen (secondary N) is 1. The summed E-state index contributed by atoms with van der Waals surface area (Å²) in [4.78, 5) is 23.8. The van der Waals surface area contributed by atoms with Gasteiger partial charge in [-0.1, -0.05) is 25.1 Å². The van der Waals surface area contributed by atoms with Crippen molar-refractivity contribution in [3.8, 4) is 5.69 Å². The number of para-hydroxylation sites is 1. The van der Waals surface area contributed by atoms with Gasteiger partial charge in [-0.3, -0.25) is 9.59 Å². The first-order chi connectivity index (χ1) is 11.9. The van der Waals surface area contributed by atoms with Crippen LogP contribution in [0.25, 0.3) is 5.69 Å². The van der Waals surface area contributed by atoms with Crippen molar-refractivity contribution in [3.05, 3.63) is 47.3 Å². The zero-order valence-electron chi connectivity index (χ0n) is 15.2. The van der Waals surface area contributed by atoms with Crippen molar-refractivity contribution in [2.75, 3.05) is 6.61 Å². The Morgan fingerprint density at radius 2 is 1.92 bits per heavy atom. The highest BCUT2D eigenvalue weighted by Crippen LogP contribution is 2.18. The number of aromatic nitrogens is 2. The van der Waals surface area contributed by atoms with Gasteiger partial charge in [0, 0.05) is 17.3 Å². The second-order valence-electron chi connectivity index (χ2n) is 6.11. The summed E-state index contributed by atoms with van der Waals surface area (Å²) >= 11 is 0. The van der Waals surface area contributed by atoms with Gasteiger partial charge in [-0.2, -0.15) is 5.10 Å². The molecule has 0 saturated heterocycles. The van der Waals surface area contributed by atoms with Gasteiger partial charge in [0.25, 0.3) is 5.91 Å². The maximum absolute atomic E-state index is 12.1. The Morgan fingerprint density at radius 3 is 2.56 bits per heavy atom. The van der Waals surface area contributed by atoms with E-state index in [9.17, 15) is 9.59 Å². The van der Waals surface area contributed by atoms with Gasteiger partial charge < -0.3 is 10.1 Å². The van der Waals surface area contributed by atoms with Crippen LogP contribution in [0.2, 0.25) is 0 Å². The fourth-order valence-electron chi connectivity index (χ4n) is 2.51. The molecule has 0 saturated carbocycles. The standard InChI is InChI=1S/C19H25N3O3/c1-5-13(2)20-18(23)12-25-19(24)11-17-14(3)21-22(15(17)4)16-9-7-6-8-10-16/h6-10,13H,5,11-12H2,1-4H3,(H,20,23)/t13-/m0/s1. The molecule has 0 aliphatic heterocycles. The number of hydrogen-bond donors (Lipinski definition) is 1. The van der Waals surface area contributed by atoms with Crippen LogP contribution in [0.5, 0.6) is 0 Å². The fourth-order valence-corrected chi connectivity index (χ4v) is 2.51. The number of aryl methyl sites for hydroxylation is 1. The quantitative estimate of drug-likeness (QED) is 0.784. The van der Waals surface area contributed by atoms with Crippen molar-refractivity contribution in [1.82, 2.24) is 15.1 Å². The molecule has 2 aromatic rings. The summed E-state index contributed by atoms with van der Waals surface area (Å²) in [5, 5.41) is 7.27. The van der Waals surface area contributed by atoms with E-state index in [0.29, 0.717) is 0 Å². The third kappa shape index (κ3) is 4.92. The third-order valence-corrected chi connectivity index (χ3v) is 4.15. The van der Waals surface area contributed by atoms with Crippen molar-refractivity contribution in [2.45, 2.75) is 46.6 Å². The smallest absolute Gasteiger partial charge is 0.310 e. The predicted octanol–water partition coefficient (Wildman–Crippen LogP) is 2.49. The molecule has 0 aliphatic carbocycles. The van der Waals surface area contributed by atoms with Gasteiger partial charge in [-0.25, -0.2) is 4.68 Å². The van der Waals surface area contributed by atoms with Gasteiger partial charge in [0.05, 0.1) is 17.8 Å². The maximum Gasteiger partial charge on any atom is 0.310 e. The highest BCUT2D eigenvalue weighted by atomic mass is 16.5. The molecule has 0 radical (unpaired) electrons. The molecule has 6 nitrogen and oxygen atoms in total. The Balaban J connectivity index is 2.00. The second kappa shape index (κ2) is 8.46. The molecule has 1 heterocycles. The minimum Gasteiger partial charge on any atom is -0.455 e. The molecule has 0 unspecified atom stereocenters. The van der Waals surface area contributed by atoms with Gasteiger partial charge in [-0.15, -0.1) is 0 Å². The number of benzene rings is 1. The van der Waals surface area contributed by atoms with E-state index in [0.717, 1.165) is 29.1 Å². The number of nitrogens with zero attached hydrogens (tertiary/aromatic N) is 2. The van der Waals surface area contributed by atoms with Crippen molar-refractivity contribution >= 4 is 11.9 Å². The van der Waals surface area contributed by atoms with E-state index in [4.69, 9.17) is 4.74 Å². The van der Waals surface area contributed by atoms with Crippen molar-refractivity contribution in [1.29, 1.82) is 0 Å². The van der Waals surface area contributed by atoms with Crippen LogP contribution in [-0.4, -0.2) is 34.3 Å². The van der Waals surface area contributed by atoms with E-state index in [1.54, 1.807) is 0 Å². The molecule has 1 aromatic heterocycles. The average Bonchev–Trinajstić information content (AvgIpc) is 2.88. The average molecular weight is 343 g/mol. The van der Waals surface area contributed by atoms with E-state index in [-0.39, 0.29) is 25.0 Å². The minimum absolute atomic E-state index is 0.0693. The van der Waals surface area contributed by atoms with E-state index < -0.39 is 5.97 Å². The summed E-state index contributed by atoms with van der Waals surface area (Å²) in [6, 6.07) is 9.81. The van der Waals surface area contributed by atoms with Crippen molar-refractivity contribution in [2.24, 2.45) is 0 Å². The Kier molecular flexibility index (Phi) is 6.33. The number of rotatable bonds is 7. The first-order valence-electron chi connectivity index (χ1n) is 8.47. The van der Waals surface area contributed by atoms with Gasteiger partial charge >= 0.3 is 5.97 Å². The van der Waals surface area contributed by atoms with Gasteiger partial charge in [0.15, 0.2) is 6.61 Å². The molecule has 1 atom stereocenters. The molecule has 25 heavy (non-hydrogen) atoms. The monoisotopic (exact) mass is 343 g/mol. The largest absolute Gasteiger partial charge is 0.455 e. The summed E-state index contributed by atoms with van der Waals surface area (Å²) in [5.41, 5.74) is 3.44. The summed E-state index contributed by atoms with van der Waals surface area (Å²) in [6.45, 7) is 7.42. The van der Waals surface area contributed by atoms with E-state index in [1.165, 1.54) is 0 Å². The number of hydrogen-bond acceptors (Lipinski definition) is 4. The first-order valence-corrected chi connectivity index (χ1v) is 8.47. The maximum atomic E-state index is 12.1. The number of esters is 1. The Morgan fingerprint density at radius 1 is 1.24 bits per heavy atom. The summed E-state index contributed by atoms with van der Waals surface area (Å²) in [5.74, 6) is -0.714. The zero-order chi connectivity index (χ0) is 18.4. The Hall–Kier alpha value is -2.63. The fraction of sp³-hybridized carbons (Fsp3) is 0.421. The lowest BCUT2D eigenvalue weighted by Gasteiger charge is -2.11. The Labute approximate surface area is 148 Å². The van der Waals surface area contributed by atoms with Crippen LogP contribution < -0.4 is 5.32 Å². The molecule has 1 amide bonds. The van der Waals surface area contributed by atoms with Gasteiger partial charge in [0.2, 0.25) is 0 Å². The number of carbonyl (C=O) groups excluding carboxylic acids is 2. The molecule has 2 rings (SSSR count). The number of carbonyl (C=O) groups is 2. The first kappa shape index (κ1) is 18.7. The molecular weight excluding hydrogens is 318 g/mol. The molecule has 1 aromatic carbocycles. The van der Waals surface area contributed by atoms with Crippen LogP contribution in [0.4, 0.5) is 0 Å². The van der Waals surface area contributed by atoms with Crippen molar-refractivity contribution < 1.29 is 14.3 Å². The second-order valence-corrected chi connectivity index (χ2v) is 6.11. The molecule has 1 N–H and O–H groups in total. The molecule has 0 aliphatic rings.